The van der Waals surface area contributed by atoms with Crippen LogP contribution in [0.15, 0.2) is 48.5 Å². The number of hydrogen-bond donors (Lipinski definition) is 1. The van der Waals surface area contributed by atoms with Crippen LogP contribution in [0.5, 0.6) is 5.75 Å². The van der Waals surface area contributed by atoms with Crippen molar-refractivity contribution in [3.8, 4) is 5.75 Å². The molecule has 2 aliphatic rings. The molecule has 0 unspecified atom stereocenters. The third kappa shape index (κ3) is 5.41. The number of hydrogen-bond acceptors (Lipinski definition) is 5. The number of ether oxygens (including phenoxy) is 2. The average Bonchev–Trinajstić information content (AvgIpc) is 3.38. The van der Waals surface area contributed by atoms with Crippen molar-refractivity contribution >= 4 is 23.5 Å². The largest absolute Gasteiger partial charge is 0.491 e. The zero-order valence-electron chi connectivity index (χ0n) is 20.0. The van der Waals surface area contributed by atoms with Crippen LogP contribution >= 0.6 is 0 Å². The Morgan fingerprint density at radius 3 is 2.56 bits per heavy atom. The van der Waals surface area contributed by atoms with Crippen LogP contribution in [-0.4, -0.2) is 43.1 Å². The van der Waals surface area contributed by atoms with Gasteiger partial charge in [0.25, 0.3) is 5.91 Å². The summed E-state index contributed by atoms with van der Waals surface area (Å²) in [4.78, 5) is 39.3. The van der Waals surface area contributed by atoms with Crippen molar-refractivity contribution in [1.82, 2.24) is 5.32 Å². The lowest BCUT2D eigenvalue weighted by Gasteiger charge is -2.24. The van der Waals surface area contributed by atoms with E-state index in [1.165, 1.54) is 0 Å². The fourth-order valence-corrected chi connectivity index (χ4v) is 4.61. The molecule has 0 bridgehead atoms. The summed E-state index contributed by atoms with van der Waals surface area (Å²) in [5.74, 6) is -0.174. The Balaban J connectivity index is 1.55. The van der Waals surface area contributed by atoms with Crippen LogP contribution in [0.2, 0.25) is 0 Å². The Bertz CT molecular complexity index is 1050. The quantitative estimate of drug-likeness (QED) is 0.596. The molecule has 3 atom stereocenters. The molecule has 2 amide bonds. The monoisotopic (exact) mass is 464 g/mol. The van der Waals surface area contributed by atoms with Gasteiger partial charge in [-0.25, -0.2) is 0 Å². The standard InChI is InChI=1S/C27H32N2O5/c1-17(2)33-22-14-20(13-21(15-22)29-11-7-10-25(29)30)26(31)28-16-23(19-8-5-4-6-9-19)24-12-18(3)27(32)34-24/h4-6,8-9,13-15,17-18,23-24H,7,10-12,16H2,1-3H3,(H,28,31)/t18-,23+,24+/m1/s1. The number of cyclic esters (lactones) is 1. The summed E-state index contributed by atoms with van der Waals surface area (Å²) in [6.07, 6.45) is 1.56. The van der Waals surface area contributed by atoms with Gasteiger partial charge in [-0.05, 0) is 44.4 Å². The normalized spacial score (nSPS) is 21.0. The minimum Gasteiger partial charge on any atom is -0.491 e. The van der Waals surface area contributed by atoms with Gasteiger partial charge in [0.15, 0.2) is 0 Å². The molecule has 2 aromatic rings. The molecule has 0 radical (unpaired) electrons. The van der Waals surface area contributed by atoms with Gasteiger partial charge in [-0.15, -0.1) is 0 Å². The van der Waals surface area contributed by atoms with Crippen molar-refractivity contribution in [3.63, 3.8) is 0 Å². The number of rotatable bonds is 8. The zero-order valence-corrected chi connectivity index (χ0v) is 20.0. The van der Waals surface area contributed by atoms with Crippen molar-refractivity contribution in [2.75, 3.05) is 18.0 Å². The first-order chi connectivity index (χ1) is 16.3. The molecule has 2 heterocycles. The summed E-state index contributed by atoms with van der Waals surface area (Å²) in [5.41, 5.74) is 2.11. The van der Waals surface area contributed by atoms with Crippen molar-refractivity contribution in [2.24, 2.45) is 5.92 Å². The second kappa shape index (κ2) is 10.3. The Morgan fingerprint density at radius 2 is 1.94 bits per heavy atom. The molecule has 2 aromatic carbocycles. The lowest BCUT2D eigenvalue weighted by Crippen LogP contribution is -2.34. The maximum Gasteiger partial charge on any atom is 0.309 e. The van der Waals surface area contributed by atoms with Gasteiger partial charge in [0, 0.05) is 42.7 Å². The Labute approximate surface area is 200 Å². The fourth-order valence-electron chi connectivity index (χ4n) is 4.61. The molecule has 2 saturated heterocycles. The number of carbonyl (C=O) groups is 3. The number of nitrogens with zero attached hydrogens (tertiary/aromatic N) is 1. The molecule has 2 aliphatic heterocycles. The van der Waals surface area contributed by atoms with E-state index in [4.69, 9.17) is 9.47 Å². The predicted molar refractivity (Wildman–Crippen MR) is 129 cm³/mol. The van der Waals surface area contributed by atoms with Crippen LogP contribution in [0, 0.1) is 5.92 Å². The van der Waals surface area contributed by atoms with Crippen molar-refractivity contribution in [1.29, 1.82) is 0 Å². The van der Waals surface area contributed by atoms with Gasteiger partial charge in [0.2, 0.25) is 5.91 Å². The van der Waals surface area contributed by atoms with Gasteiger partial charge in [0.05, 0.1) is 12.0 Å². The molecule has 180 valence electrons. The Morgan fingerprint density at radius 1 is 1.18 bits per heavy atom. The van der Waals surface area contributed by atoms with E-state index in [-0.39, 0.29) is 41.8 Å². The maximum atomic E-state index is 13.2. The number of carbonyl (C=O) groups excluding carboxylic acids is 3. The maximum absolute atomic E-state index is 13.2. The first-order valence-electron chi connectivity index (χ1n) is 12.0. The van der Waals surface area contributed by atoms with Crippen LogP contribution in [0.3, 0.4) is 0 Å². The van der Waals surface area contributed by atoms with Crippen LogP contribution in [-0.2, 0) is 14.3 Å². The molecule has 4 rings (SSSR count). The molecule has 7 nitrogen and oxygen atoms in total. The van der Waals surface area contributed by atoms with E-state index in [9.17, 15) is 14.4 Å². The first-order valence-corrected chi connectivity index (χ1v) is 12.0. The molecule has 34 heavy (non-hydrogen) atoms. The van der Waals surface area contributed by atoms with E-state index in [0.717, 1.165) is 12.0 Å². The summed E-state index contributed by atoms with van der Waals surface area (Å²) >= 11 is 0. The minimum atomic E-state index is -0.293. The fraction of sp³-hybridized carbons (Fsp3) is 0.444. The average molecular weight is 465 g/mol. The predicted octanol–water partition coefficient (Wildman–Crippen LogP) is 4.07. The third-order valence-corrected chi connectivity index (χ3v) is 6.33. The van der Waals surface area contributed by atoms with Gasteiger partial charge in [0.1, 0.15) is 11.9 Å². The van der Waals surface area contributed by atoms with Gasteiger partial charge < -0.3 is 19.7 Å². The van der Waals surface area contributed by atoms with E-state index < -0.39 is 0 Å². The smallest absolute Gasteiger partial charge is 0.309 e. The van der Waals surface area contributed by atoms with Gasteiger partial charge in [-0.3, -0.25) is 14.4 Å². The van der Waals surface area contributed by atoms with E-state index >= 15 is 0 Å². The molecule has 1 N–H and O–H groups in total. The second-order valence-corrected chi connectivity index (χ2v) is 9.37. The number of nitrogens with one attached hydrogen (secondary N) is 1. The summed E-state index contributed by atoms with van der Waals surface area (Å²) in [7, 11) is 0. The SMILES string of the molecule is CC(C)Oc1cc(C(=O)NC[C@@H](c2ccccc2)[C@@H]2C[C@@H](C)C(=O)O2)cc(N2CCCC2=O)c1. The lowest BCUT2D eigenvalue weighted by molar-refractivity contribution is -0.144. The van der Waals surface area contributed by atoms with E-state index in [0.29, 0.717) is 42.9 Å². The highest BCUT2D eigenvalue weighted by molar-refractivity contribution is 5.99. The van der Waals surface area contributed by atoms with Crippen molar-refractivity contribution in [2.45, 2.75) is 58.2 Å². The highest BCUT2D eigenvalue weighted by atomic mass is 16.6. The second-order valence-electron chi connectivity index (χ2n) is 9.37. The van der Waals surface area contributed by atoms with Crippen molar-refractivity contribution < 1.29 is 23.9 Å². The molecular weight excluding hydrogens is 432 g/mol. The molecule has 7 heteroatoms. The van der Waals surface area contributed by atoms with Gasteiger partial charge >= 0.3 is 5.97 Å². The zero-order chi connectivity index (χ0) is 24.2. The number of amides is 2. The summed E-state index contributed by atoms with van der Waals surface area (Å²) in [6.45, 7) is 6.65. The van der Waals surface area contributed by atoms with Gasteiger partial charge in [-0.2, -0.15) is 0 Å². The number of esters is 1. The highest BCUT2D eigenvalue weighted by Crippen LogP contribution is 2.32. The van der Waals surface area contributed by atoms with E-state index in [1.807, 2.05) is 57.2 Å². The Kier molecular flexibility index (Phi) is 7.20. The summed E-state index contributed by atoms with van der Waals surface area (Å²) in [6, 6.07) is 15.0. The summed E-state index contributed by atoms with van der Waals surface area (Å²) in [5, 5.41) is 3.02. The summed E-state index contributed by atoms with van der Waals surface area (Å²) < 4.78 is 11.5. The first kappa shape index (κ1) is 23.8. The van der Waals surface area contributed by atoms with Crippen LogP contribution in [0.4, 0.5) is 5.69 Å². The number of anilines is 1. The minimum absolute atomic E-state index is 0.0503. The van der Waals surface area contributed by atoms with Crippen molar-refractivity contribution in [3.05, 3.63) is 59.7 Å². The molecule has 0 spiro atoms. The topological polar surface area (TPSA) is 84.9 Å². The molecule has 0 saturated carbocycles. The molecule has 0 aromatic heterocycles. The van der Waals surface area contributed by atoms with Crippen LogP contribution in [0.1, 0.15) is 61.9 Å². The van der Waals surface area contributed by atoms with E-state index in [2.05, 4.69) is 5.32 Å². The van der Waals surface area contributed by atoms with Crippen LogP contribution < -0.4 is 15.0 Å². The highest BCUT2D eigenvalue weighted by Gasteiger charge is 2.37. The molecule has 0 aliphatic carbocycles. The van der Waals surface area contributed by atoms with E-state index in [1.54, 1.807) is 17.0 Å². The van der Waals surface area contributed by atoms with Gasteiger partial charge in [-0.1, -0.05) is 37.3 Å². The number of benzene rings is 2. The molecule has 2 fully saturated rings. The Hall–Kier alpha value is -3.35. The molecular formula is C27H32N2O5. The lowest BCUT2D eigenvalue weighted by atomic mass is 9.89. The van der Waals surface area contributed by atoms with Crippen LogP contribution in [0.25, 0.3) is 0 Å². The third-order valence-electron chi connectivity index (χ3n) is 6.33.